The summed E-state index contributed by atoms with van der Waals surface area (Å²) in [5.74, 6) is -1.21. The third-order valence-corrected chi connectivity index (χ3v) is 3.26. The van der Waals surface area contributed by atoms with E-state index in [0.29, 0.717) is 25.6 Å². The van der Waals surface area contributed by atoms with Gasteiger partial charge in [0.05, 0.1) is 12.9 Å². The van der Waals surface area contributed by atoms with Crippen LogP contribution in [-0.2, 0) is 4.74 Å². The van der Waals surface area contributed by atoms with E-state index < -0.39 is 5.97 Å². The number of aromatic amines is 1. The number of hydrogen-bond donors (Lipinski definition) is 2. The number of nitrogens with zero attached hydrogens (tertiary/aromatic N) is 2. The molecule has 104 valence electrons. The van der Waals surface area contributed by atoms with Crippen LogP contribution in [0.5, 0.6) is 0 Å². The van der Waals surface area contributed by atoms with Crippen molar-refractivity contribution in [3.8, 4) is 0 Å². The van der Waals surface area contributed by atoms with Gasteiger partial charge >= 0.3 is 5.97 Å². The van der Waals surface area contributed by atoms with Gasteiger partial charge in [-0.1, -0.05) is 0 Å². The second-order valence-corrected chi connectivity index (χ2v) is 4.65. The van der Waals surface area contributed by atoms with E-state index >= 15 is 0 Å². The zero-order chi connectivity index (χ0) is 13.8. The average Bonchev–Trinajstić information content (AvgIpc) is 2.88. The number of carbonyl (C=O) groups excluding carboxylic acids is 1. The van der Waals surface area contributed by atoms with Crippen molar-refractivity contribution < 1.29 is 19.4 Å². The van der Waals surface area contributed by atoms with Crippen molar-refractivity contribution in [3.05, 3.63) is 17.7 Å². The number of hydrogen-bond acceptors (Lipinski definition) is 4. The Kier molecular flexibility index (Phi) is 4.16. The molecule has 1 unspecified atom stereocenters. The molecule has 7 nitrogen and oxygen atoms in total. The molecule has 0 aromatic carbocycles. The zero-order valence-corrected chi connectivity index (χ0v) is 10.8. The zero-order valence-electron chi connectivity index (χ0n) is 10.8. The first-order valence-corrected chi connectivity index (χ1v) is 6.18. The number of rotatable bonds is 4. The van der Waals surface area contributed by atoms with Crippen molar-refractivity contribution >= 4 is 11.9 Å². The third-order valence-electron chi connectivity index (χ3n) is 3.26. The van der Waals surface area contributed by atoms with Gasteiger partial charge < -0.3 is 19.7 Å². The van der Waals surface area contributed by atoms with Gasteiger partial charge in [0.25, 0.3) is 5.91 Å². The smallest absolute Gasteiger partial charge is 0.354 e. The van der Waals surface area contributed by atoms with Crippen LogP contribution < -0.4 is 0 Å². The molecule has 2 rings (SSSR count). The first-order valence-electron chi connectivity index (χ1n) is 6.18. The molecule has 1 aromatic rings. The Morgan fingerprint density at radius 2 is 2.42 bits per heavy atom. The number of carbonyl (C=O) groups is 2. The molecule has 0 saturated carbocycles. The monoisotopic (exact) mass is 267 g/mol. The summed E-state index contributed by atoms with van der Waals surface area (Å²) in [7, 11) is 1.64. The molecule has 1 aliphatic heterocycles. The Bertz CT molecular complexity index is 469. The molecule has 0 spiro atoms. The summed E-state index contributed by atoms with van der Waals surface area (Å²) in [6.45, 7) is 1.82. The summed E-state index contributed by atoms with van der Waals surface area (Å²) in [6.07, 6.45) is 3.14. The quantitative estimate of drug-likeness (QED) is 0.833. The molecule has 1 aromatic heterocycles. The molecule has 0 radical (unpaired) electrons. The van der Waals surface area contributed by atoms with Gasteiger partial charge in [-0.15, -0.1) is 0 Å². The Morgan fingerprint density at radius 1 is 1.63 bits per heavy atom. The first kappa shape index (κ1) is 13.5. The SMILES string of the molecule is COCC1CCCN(C(=O)c2nc[nH]c2C(=O)O)C1. The van der Waals surface area contributed by atoms with Gasteiger partial charge in [0.15, 0.2) is 11.4 Å². The van der Waals surface area contributed by atoms with E-state index in [1.807, 2.05) is 0 Å². The van der Waals surface area contributed by atoms with E-state index in [1.54, 1.807) is 12.0 Å². The predicted molar refractivity (Wildman–Crippen MR) is 66.1 cm³/mol. The lowest BCUT2D eigenvalue weighted by molar-refractivity contribution is 0.0554. The second-order valence-electron chi connectivity index (χ2n) is 4.65. The highest BCUT2D eigenvalue weighted by atomic mass is 16.5. The molecular weight excluding hydrogens is 250 g/mol. The number of aromatic nitrogens is 2. The molecule has 7 heteroatoms. The van der Waals surface area contributed by atoms with E-state index in [4.69, 9.17) is 9.84 Å². The Morgan fingerprint density at radius 3 is 3.11 bits per heavy atom. The number of carboxylic acids is 1. The molecule has 19 heavy (non-hydrogen) atoms. The maximum Gasteiger partial charge on any atom is 0.354 e. The highest BCUT2D eigenvalue weighted by Crippen LogP contribution is 2.19. The molecule has 2 N–H and O–H groups in total. The fourth-order valence-corrected chi connectivity index (χ4v) is 2.39. The number of H-pyrrole nitrogens is 1. The molecule has 2 heterocycles. The molecule has 1 fully saturated rings. The van der Waals surface area contributed by atoms with Crippen LogP contribution in [0.4, 0.5) is 0 Å². The summed E-state index contributed by atoms with van der Waals surface area (Å²) in [4.78, 5) is 31.2. The number of carboxylic acid groups (broad SMARTS) is 1. The Balaban J connectivity index is 2.10. The minimum Gasteiger partial charge on any atom is -0.477 e. The van der Waals surface area contributed by atoms with Crippen molar-refractivity contribution in [2.75, 3.05) is 26.8 Å². The minimum atomic E-state index is -1.17. The average molecular weight is 267 g/mol. The van der Waals surface area contributed by atoms with Crippen LogP contribution in [0, 0.1) is 5.92 Å². The van der Waals surface area contributed by atoms with Crippen molar-refractivity contribution in [1.82, 2.24) is 14.9 Å². The fraction of sp³-hybridized carbons (Fsp3) is 0.583. The lowest BCUT2D eigenvalue weighted by Gasteiger charge is -2.32. The van der Waals surface area contributed by atoms with Gasteiger partial charge in [-0.2, -0.15) is 0 Å². The predicted octanol–water partition coefficient (Wildman–Crippen LogP) is 0.607. The van der Waals surface area contributed by atoms with Gasteiger partial charge in [-0.05, 0) is 18.8 Å². The minimum absolute atomic E-state index is 0.0226. The lowest BCUT2D eigenvalue weighted by Crippen LogP contribution is -2.41. The Labute approximate surface area is 110 Å². The molecule has 0 bridgehead atoms. The summed E-state index contributed by atoms with van der Waals surface area (Å²) in [6, 6.07) is 0. The van der Waals surface area contributed by atoms with Crippen LogP contribution in [0.15, 0.2) is 6.33 Å². The molecule has 1 atom stereocenters. The number of aromatic carboxylic acids is 1. The first-order chi connectivity index (χ1) is 9.13. The number of methoxy groups -OCH3 is 1. The van der Waals surface area contributed by atoms with E-state index in [2.05, 4.69) is 9.97 Å². The Hall–Kier alpha value is -1.89. The number of amides is 1. The lowest BCUT2D eigenvalue weighted by atomic mass is 9.98. The van der Waals surface area contributed by atoms with Crippen LogP contribution >= 0.6 is 0 Å². The second kappa shape index (κ2) is 5.83. The van der Waals surface area contributed by atoms with Crippen LogP contribution in [0.3, 0.4) is 0 Å². The van der Waals surface area contributed by atoms with Crippen molar-refractivity contribution in [2.24, 2.45) is 5.92 Å². The van der Waals surface area contributed by atoms with Crippen molar-refractivity contribution in [3.63, 3.8) is 0 Å². The van der Waals surface area contributed by atoms with Crippen LogP contribution in [0.2, 0.25) is 0 Å². The fourth-order valence-electron chi connectivity index (χ4n) is 2.39. The van der Waals surface area contributed by atoms with Crippen molar-refractivity contribution in [2.45, 2.75) is 12.8 Å². The number of imidazole rings is 1. The van der Waals surface area contributed by atoms with E-state index in [1.165, 1.54) is 6.33 Å². The highest BCUT2D eigenvalue weighted by Gasteiger charge is 2.28. The van der Waals surface area contributed by atoms with Crippen LogP contribution in [0.25, 0.3) is 0 Å². The summed E-state index contributed by atoms with van der Waals surface area (Å²) in [5, 5.41) is 8.98. The van der Waals surface area contributed by atoms with Gasteiger partial charge in [0, 0.05) is 20.2 Å². The highest BCUT2D eigenvalue weighted by molar-refractivity contribution is 6.02. The van der Waals surface area contributed by atoms with Crippen LogP contribution in [0.1, 0.15) is 33.8 Å². The molecular formula is C12H17N3O4. The molecule has 1 saturated heterocycles. The third kappa shape index (κ3) is 2.93. The van der Waals surface area contributed by atoms with Gasteiger partial charge in [0.2, 0.25) is 0 Å². The van der Waals surface area contributed by atoms with E-state index in [0.717, 1.165) is 12.8 Å². The standard InChI is InChI=1S/C12H17N3O4/c1-19-6-8-3-2-4-15(5-8)11(16)9-10(12(17)18)14-7-13-9/h7-8H,2-6H2,1H3,(H,13,14)(H,17,18). The topological polar surface area (TPSA) is 95.5 Å². The van der Waals surface area contributed by atoms with Gasteiger partial charge in [-0.3, -0.25) is 4.79 Å². The van der Waals surface area contributed by atoms with Gasteiger partial charge in [-0.25, -0.2) is 9.78 Å². The van der Waals surface area contributed by atoms with Crippen molar-refractivity contribution in [1.29, 1.82) is 0 Å². The maximum absolute atomic E-state index is 12.3. The summed E-state index contributed by atoms with van der Waals surface area (Å²) >= 11 is 0. The summed E-state index contributed by atoms with van der Waals surface area (Å²) in [5.41, 5.74) is -0.176. The van der Waals surface area contributed by atoms with E-state index in [9.17, 15) is 9.59 Å². The van der Waals surface area contributed by atoms with Gasteiger partial charge in [0.1, 0.15) is 0 Å². The number of nitrogens with one attached hydrogen (secondary N) is 1. The molecule has 1 amide bonds. The largest absolute Gasteiger partial charge is 0.477 e. The maximum atomic E-state index is 12.3. The number of ether oxygens (including phenoxy) is 1. The molecule has 0 aliphatic carbocycles. The summed E-state index contributed by atoms with van der Waals surface area (Å²) < 4.78 is 5.11. The number of piperidine rings is 1. The molecule has 1 aliphatic rings. The van der Waals surface area contributed by atoms with Crippen LogP contribution in [-0.4, -0.2) is 58.7 Å². The number of likely N-dealkylation sites (tertiary alicyclic amines) is 1. The normalized spacial score (nSPS) is 19.4. The van der Waals surface area contributed by atoms with E-state index in [-0.39, 0.29) is 17.3 Å².